The molecule has 0 spiro atoms. The van der Waals surface area contributed by atoms with Crippen LogP contribution in [-0.4, -0.2) is 33.8 Å². The first-order valence-corrected chi connectivity index (χ1v) is 9.29. The number of rotatable bonds is 3. The zero-order chi connectivity index (χ0) is 18.8. The molecule has 0 saturated heterocycles. The van der Waals surface area contributed by atoms with Crippen molar-refractivity contribution < 1.29 is 17.2 Å². The number of halogens is 1. The van der Waals surface area contributed by atoms with Gasteiger partial charge in [-0.2, -0.15) is 4.98 Å². The fourth-order valence-electron chi connectivity index (χ4n) is 2.30. The van der Waals surface area contributed by atoms with Crippen LogP contribution in [0.5, 0.6) is 0 Å². The zero-order valence-electron chi connectivity index (χ0n) is 14.4. The molecule has 0 bridgehead atoms. The molecule has 1 aromatic carbocycles. The molecule has 0 unspecified atom stereocenters. The van der Waals surface area contributed by atoms with Crippen molar-refractivity contribution in [1.29, 1.82) is 0 Å². The molecule has 0 aliphatic heterocycles. The van der Waals surface area contributed by atoms with Crippen LogP contribution in [0.25, 0.3) is 22.4 Å². The Bertz CT molecular complexity index is 982. The molecule has 0 fully saturated rings. The second-order valence-corrected chi connectivity index (χ2v) is 7.39. The van der Waals surface area contributed by atoms with Crippen molar-refractivity contribution in [3.05, 3.63) is 47.8 Å². The number of nitrogens with two attached hydrogens (primary N) is 1. The van der Waals surface area contributed by atoms with E-state index >= 15 is 0 Å². The van der Waals surface area contributed by atoms with Gasteiger partial charge in [0.05, 0.1) is 6.26 Å². The predicted octanol–water partition coefficient (Wildman–Crippen LogP) is 2.91. The van der Waals surface area contributed by atoms with Gasteiger partial charge in [-0.1, -0.05) is 0 Å². The number of aryl methyl sites for hydroxylation is 1. The van der Waals surface area contributed by atoms with Crippen LogP contribution in [0.3, 0.4) is 0 Å². The maximum absolute atomic E-state index is 13.0. The standard InChI is InChI=1S/C16H15FN2O3S.CH5N/c1-10-8-12-9-14(11-4-6-13(17)7-5-11)22-16(12)18-15(10)19(2)23(3,20)21;1-2/h4-9H,1-3H3;2H2,1H3. The molecule has 0 aliphatic rings. The summed E-state index contributed by atoms with van der Waals surface area (Å²) < 4.78 is 43.2. The normalized spacial score (nSPS) is 11.1. The van der Waals surface area contributed by atoms with Crippen LogP contribution in [-0.2, 0) is 10.0 Å². The molecule has 8 heteroatoms. The maximum atomic E-state index is 13.0. The molecule has 0 atom stereocenters. The van der Waals surface area contributed by atoms with Gasteiger partial charge < -0.3 is 10.2 Å². The summed E-state index contributed by atoms with van der Waals surface area (Å²) in [4.78, 5) is 4.31. The number of pyridine rings is 1. The van der Waals surface area contributed by atoms with Crippen LogP contribution in [0.15, 0.2) is 40.8 Å². The van der Waals surface area contributed by atoms with Gasteiger partial charge in [-0.3, -0.25) is 4.31 Å². The van der Waals surface area contributed by atoms with Crippen LogP contribution in [0.2, 0.25) is 0 Å². The van der Waals surface area contributed by atoms with E-state index in [2.05, 4.69) is 10.7 Å². The molecule has 2 heterocycles. The van der Waals surface area contributed by atoms with E-state index in [1.165, 1.54) is 26.2 Å². The Balaban J connectivity index is 0.00000109. The number of nitrogens with zero attached hydrogens (tertiary/aromatic N) is 2. The van der Waals surface area contributed by atoms with Gasteiger partial charge in [0, 0.05) is 18.0 Å². The molecule has 25 heavy (non-hydrogen) atoms. The van der Waals surface area contributed by atoms with Crippen molar-refractivity contribution in [2.75, 3.05) is 24.7 Å². The number of benzene rings is 1. The van der Waals surface area contributed by atoms with Crippen molar-refractivity contribution in [2.24, 2.45) is 5.73 Å². The molecule has 2 N–H and O–H groups in total. The van der Waals surface area contributed by atoms with Crippen LogP contribution in [0.4, 0.5) is 10.2 Å². The quantitative estimate of drug-likeness (QED) is 0.771. The molecule has 6 nitrogen and oxygen atoms in total. The van der Waals surface area contributed by atoms with Crippen molar-refractivity contribution >= 4 is 26.9 Å². The minimum absolute atomic E-state index is 0.319. The number of sulfonamides is 1. The van der Waals surface area contributed by atoms with E-state index in [9.17, 15) is 12.8 Å². The van der Waals surface area contributed by atoms with E-state index in [1.807, 2.05) is 6.07 Å². The number of aromatic nitrogens is 1. The highest BCUT2D eigenvalue weighted by Gasteiger charge is 2.18. The lowest BCUT2D eigenvalue weighted by atomic mass is 10.1. The Morgan fingerprint density at radius 1 is 1.16 bits per heavy atom. The highest BCUT2D eigenvalue weighted by Crippen LogP contribution is 2.30. The average Bonchev–Trinajstić information content (AvgIpc) is 2.97. The summed E-state index contributed by atoms with van der Waals surface area (Å²) in [6.45, 7) is 1.79. The summed E-state index contributed by atoms with van der Waals surface area (Å²) in [5, 5.41) is 0.757. The lowest BCUT2D eigenvalue weighted by Gasteiger charge is -2.17. The van der Waals surface area contributed by atoms with Crippen molar-refractivity contribution in [1.82, 2.24) is 4.98 Å². The zero-order valence-corrected chi connectivity index (χ0v) is 15.3. The predicted molar refractivity (Wildman–Crippen MR) is 97.5 cm³/mol. The van der Waals surface area contributed by atoms with E-state index in [0.29, 0.717) is 17.3 Å². The molecule has 0 amide bonds. The molecule has 0 saturated carbocycles. The fourth-order valence-corrected chi connectivity index (χ4v) is 2.80. The van der Waals surface area contributed by atoms with Gasteiger partial charge in [-0.15, -0.1) is 0 Å². The molecule has 3 aromatic rings. The third kappa shape index (κ3) is 3.97. The fraction of sp³-hybridized carbons (Fsp3) is 0.235. The van der Waals surface area contributed by atoms with Gasteiger partial charge in [0.15, 0.2) is 0 Å². The molecule has 134 valence electrons. The van der Waals surface area contributed by atoms with Gasteiger partial charge in [0.1, 0.15) is 17.4 Å². The van der Waals surface area contributed by atoms with Crippen molar-refractivity contribution in [3.63, 3.8) is 0 Å². The summed E-state index contributed by atoms with van der Waals surface area (Å²) in [5.41, 5.74) is 6.28. The van der Waals surface area contributed by atoms with Gasteiger partial charge in [0.25, 0.3) is 0 Å². The van der Waals surface area contributed by atoms with Gasteiger partial charge in [-0.05, 0) is 55.9 Å². The topological polar surface area (TPSA) is 89.4 Å². The minimum Gasteiger partial charge on any atom is -0.438 e. The first-order valence-electron chi connectivity index (χ1n) is 7.44. The molecule has 3 rings (SSSR count). The Kier molecular flexibility index (Phi) is 5.44. The number of furan rings is 1. The third-order valence-electron chi connectivity index (χ3n) is 3.60. The molecular weight excluding hydrogens is 345 g/mol. The van der Waals surface area contributed by atoms with Crippen LogP contribution >= 0.6 is 0 Å². The first kappa shape index (κ1) is 18.9. The summed E-state index contributed by atoms with van der Waals surface area (Å²) >= 11 is 0. The van der Waals surface area contributed by atoms with Crippen molar-refractivity contribution in [3.8, 4) is 11.3 Å². The Morgan fingerprint density at radius 3 is 2.32 bits per heavy atom. The third-order valence-corrected chi connectivity index (χ3v) is 4.76. The SMILES string of the molecule is CN.Cc1cc2cc(-c3ccc(F)cc3)oc2nc1N(C)S(C)(=O)=O. The number of anilines is 1. The molecule has 2 aromatic heterocycles. The van der Waals surface area contributed by atoms with Gasteiger partial charge in [-0.25, -0.2) is 12.8 Å². The molecule has 0 radical (unpaired) electrons. The van der Waals surface area contributed by atoms with E-state index in [4.69, 9.17) is 4.42 Å². The minimum atomic E-state index is -3.41. The monoisotopic (exact) mass is 365 g/mol. The smallest absolute Gasteiger partial charge is 0.233 e. The average molecular weight is 365 g/mol. The lowest BCUT2D eigenvalue weighted by Crippen LogP contribution is -2.26. The highest BCUT2D eigenvalue weighted by molar-refractivity contribution is 7.92. The van der Waals surface area contributed by atoms with Crippen LogP contribution in [0, 0.1) is 12.7 Å². The summed E-state index contributed by atoms with van der Waals surface area (Å²) in [5.74, 6) is 0.543. The van der Waals surface area contributed by atoms with Gasteiger partial charge >= 0.3 is 0 Å². The maximum Gasteiger partial charge on any atom is 0.233 e. The summed E-state index contributed by atoms with van der Waals surface area (Å²) in [6.07, 6.45) is 1.12. The summed E-state index contributed by atoms with van der Waals surface area (Å²) in [7, 11) is -0.465. The molecular formula is C17H20FN3O3S. The first-order chi connectivity index (χ1) is 11.8. The van der Waals surface area contributed by atoms with E-state index < -0.39 is 10.0 Å². The Labute approximate surface area is 146 Å². The number of hydrogen-bond donors (Lipinski definition) is 1. The van der Waals surface area contributed by atoms with E-state index in [0.717, 1.165) is 27.1 Å². The number of fused-ring (bicyclic) bond motifs is 1. The Hall–Kier alpha value is -2.45. The van der Waals surface area contributed by atoms with Gasteiger partial charge in [0.2, 0.25) is 15.7 Å². The molecule has 0 aliphatic carbocycles. The highest BCUT2D eigenvalue weighted by atomic mass is 32.2. The lowest BCUT2D eigenvalue weighted by molar-refractivity contribution is 0.599. The van der Waals surface area contributed by atoms with E-state index in [-0.39, 0.29) is 5.82 Å². The largest absolute Gasteiger partial charge is 0.438 e. The summed E-state index contributed by atoms with van der Waals surface area (Å²) in [6, 6.07) is 9.55. The van der Waals surface area contributed by atoms with Crippen LogP contribution in [0.1, 0.15) is 5.56 Å². The van der Waals surface area contributed by atoms with E-state index in [1.54, 1.807) is 25.1 Å². The Morgan fingerprint density at radius 2 is 1.76 bits per heavy atom. The second-order valence-electron chi connectivity index (χ2n) is 5.37. The van der Waals surface area contributed by atoms with Crippen LogP contribution < -0.4 is 10.0 Å². The second kappa shape index (κ2) is 7.20. The van der Waals surface area contributed by atoms with Crippen molar-refractivity contribution in [2.45, 2.75) is 6.92 Å². The number of hydrogen-bond acceptors (Lipinski definition) is 5.